The van der Waals surface area contributed by atoms with Gasteiger partial charge in [0, 0.05) is 18.6 Å². The van der Waals surface area contributed by atoms with Crippen LogP contribution in [0, 0.1) is 9.49 Å². The van der Waals surface area contributed by atoms with Crippen molar-refractivity contribution < 1.29 is 0 Å². The Morgan fingerprint density at radius 2 is 2.55 bits per heavy atom. The Morgan fingerprint density at radius 1 is 1.82 bits per heavy atom. The maximum atomic E-state index is 5.67. The molecule has 0 aliphatic heterocycles. The zero-order valence-corrected chi connectivity index (χ0v) is 9.21. The van der Waals surface area contributed by atoms with E-state index in [1.54, 1.807) is 0 Å². The Hall–Kier alpha value is 0.230. The number of rotatable bonds is 3. The summed E-state index contributed by atoms with van der Waals surface area (Å²) in [4.78, 5) is 0. The number of aromatic nitrogens is 2. The van der Waals surface area contributed by atoms with Crippen molar-refractivity contribution in [2.75, 3.05) is 5.88 Å². The molecule has 1 atom stereocenters. The highest BCUT2D eigenvalue weighted by Crippen LogP contribution is 2.05. The second kappa shape index (κ2) is 4.30. The van der Waals surface area contributed by atoms with E-state index >= 15 is 0 Å². The molecule has 4 heteroatoms. The minimum Gasteiger partial charge on any atom is -0.271 e. The number of halogens is 2. The third-order valence-corrected chi connectivity index (χ3v) is 2.45. The van der Waals surface area contributed by atoms with Gasteiger partial charge in [-0.1, -0.05) is 6.92 Å². The molecule has 62 valence electrons. The van der Waals surface area contributed by atoms with Crippen LogP contribution in [0.1, 0.15) is 6.92 Å². The average molecular weight is 285 g/mol. The molecule has 0 bridgehead atoms. The van der Waals surface area contributed by atoms with E-state index in [0.717, 1.165) is 6.54 Å². The molecule has 0 N–H and O–H groups in total. The maximum Gasteiger partial charge on any atom is 0.0623 e. The smallest absolute Gasteiger partial charge is 0.0623 e. The van der Waals surface area contributed by atoms with Gasteiger partial charge in [0.2, 0.25) is 0 Å². The second-order valence-electron chi connectivity index (χ2n) is 2.64. The molecule has 1 aromatic rings. The van der Waals surface area contributed by atoms with Crippen molar-refractivity contribution in [1.82, 2.24) is 9.78 Å². The zero-order valence-electron chi connectivity index (χ0n) is 6.30. The van der Waals surface area contributed by atoms with Crippen LogP contribution in [-0.2, 0) is 6.54 Å². The van der Waals surface area contributed by atoms with Crippen molar-refractivity contribution in [1.29, 1.82) is 0 Å². The first-order valence-corrected chi connectivity index (χ1v) is 5.07. The Bertz CT molecular complexity index is 224. The van der Waals surface area contributed by atoms with Gasteiger partial charge in [-0.25, -0.2) is 0 Å². The number of hydrogen-bond donors (Lipinski definition) is 0. The molecule has 0 aliphatic rings. The van der Waals surface area contributed by atoms with Gasteiger partial charge >= 0.3 is 0 Å². The second-order valence-corrected chi connectivity index (χ2v) is 4.19. The molecule has 0 saturated heterocycles. The van der Waals surface area contributed by atoms with Crippen LogP contribution < -0.4 is 0 Å². The summed E-state index contributed by atoms with van der Waals surface area (Å²) in [7, 11) is 0. The first kappa shape index (κ1) is 9.32. The molecule has 11 heavy (non-hydrogen) atoms. The topological polar surface area (TPSA) is 17.8 Å². The summed E-state index contributed by atoms with van der Waals surface area (Å²) in [6.45, 7) is 3.02. The summed E-state index contributed by atoms with van der Waals surface area (Å²) >= 11 is 7.91. The third-order valence-electron chi connectivity index (χ3n) is 1.36. The van der Waals surface area contributed by atoms with Crippen LogP contribution >= 0.6 is 34.2 Å². The summed E-state index contributed by atoms with van der Waals surface area (Å²) in [5, 5.41) is 4.15. The highest BCUT2D eigenvalue weighted by atomic mass is 127. The SMILES string of the molecule is CC(CCl)Cn1cc(I)cn1. The number of hydrogen-bond acceptors (Lipinski definition) is 1. The van der Waals surface area contributed by atoms with Crippen LogP contribution in [0.15, 0.2) is 12.4 Å². The first-order valence-electron chi connectivity index (χ1n) is 3.46. The van der Waals surface area contributed by atoms with E-state index in [4.69, 9.17) is 11.6 Å². The van der Waals surface area contributed by atoms with Crippen molar-refractivity contribution in [3.8, 4) is 0 Å². The van der Waals surface area contributed by atoms with Crippen LogP contribution in [-0.4, -0.2) is 15.7 Å². The first-order chi connectivity index (χ1) is 5.22. The molecule has 2 nitrogen and oxygen atoms in total. The van der Waals surface area contributed by atoms with Gasteiger partial charge < -0.3 is 0 Å². The van der Waals surface area contributed by atoms with Gasteiger partial charge in [0.25, 0.3) is 0 Å². The molecule has 1 heterocycles. The molecular formula is C7H10ClIN2. The molecule has 0 aliphatic carbocycles. The molecule has 0 saturated carbocycles. The van der Waals surface area contributed by atoms with Gasteiger partial charge in [0.1, 0.15) is 0 Å². The molecular weight excluding hydrogens is 274 g/mol. The normalized spacial score (nSPS) is 13.4. The van der Waals surface area contributed by atoms with Crippen molar-refractivity contribution in [2.24, 2.45) is 5.92 Å². The monoisotopic (exact) mass is 284 g/mol. The summed E-state index contributed by atoms with van der Waals surface area (Å²) in [6.07, 6.45) is 3.87. The molecule has 0 amide bonds. The largest absolute Gasteiger partial charge is 0.271 e. The Balaban J connectivity index is 2.50. The van der Waals surface area contributed by atoms with E-state index in [0.29, 0.717) is 11.8 Å². The Kier molecular flexibility index (Phi) is 3.65. The fraction of sp³-hybridized carbons (Fsp3) is 0.571. The summed E-state index contributed by atoms with van der Waals surface area (Å²) in [5.74, 6) is 1.18. The maximum absolute atomic E-state index is 5.67. The van der Waals surface area contributed by atoms with E-state index in [1.807, 2.05) is 17.1 Å². The van der Waals surface area contributed by atoms with Gasteiger partial charge in [0.15, 0.2) is 0 Å². The van der Waals surface area contributed by atoms with Gasteiger partial charge in [-0.3, -0.25) is 4.68 Å². The molecule has 0 radical (unpaired) electrons. The van der Waals surface area contributed by atoms with Crippen molar-refractivity contribution >= 4 is 34.2 Å². The average Bonchev–Trinajstić information content (AvgIpc) is 2.35. The number of nitrogens with zero attached hydrogens (tertiary/aromatic N) is 2. The lowest BCUT2D eigenvalue weighted by atomic mass is 10.2. The summed E-state index contributed by atoms with van der Waals surface area (Å²) < 4.78 is 3.10. The van der Waals surface area contributed by atoms with Crippen molar-refractivity contribution in [3.05, 3.63) is 16.0 Å². The van der Waals surface area contributed by atoms with Gasteiger partial charge in [-0.2, -0.15) is 5.10 Å². The van der Waals surface area contributed by atoms with Gasteiger partial charge in [-0.05, 0) is 28.5 Å². The molecule has 0 aromatic carbocycles. The third kappa shape index (κ3) is 2.99. The molecule has 1 unspecified atom stereocenters. The fourth-order valence-corrected chi connectivity index (χ4v) is 1.35. The molecule has 0 fully saturated rings. The number of alkyl halides is 1. The van der Waals surface area contributed by atoms with Crippen LogP contribution in [0.2, 0.25) is 0 Å². The molecule has 1 rings (SSSR count). The predicted octanol–water partition coefficient (Wildman–Crippen LogP) is 2.36. The van der Waals surface area contributed by atoms with Crippen molar-refractivity contribution in [3.63, 3.8) is 0 Å². The predicted molar refractivity (Wildman–Crippen MR) is 54.8 cm³/mol. The van der Waals surface area contributed by atoms with E-state index < -0.39 is 0 Å². The van der Waals surface area contributed by atoms with E-state index in [-0.39, 0.29) is 0 Å². The van der Waals surface area contributed by atoms with Crippen LogP contribution in [0.4, 0.5) is 0 Å². The lowest BCUT2D eigenvalue weighted by Gasteiger charge is -2.05. The highest BCUT2D eigenvalue weighted by Gasteiger charge is 2.01. The fourth-order valence-electron chi connectivity index (χ4n) is 0.806. The quantitative estimate of drug-likeness (QED) is 0.615. The van der Waals surface area contributed by atoms with Crippen LogP contribution in [0.3, 0.4) is 0 Å². The highest BCUT2D eigenvalue weighted by molar-refractivity contribution is 14.1. The molecule has 1 aromatic heterocycles. The van der Waals surface area contributed by atoms with Gasteiger partial charge in [-0.15, -0.1) is 11.6 Å². The van der Waals surface area contributed by atoms with Crippen LogP contribution in [0.5, 0.6) is 0 Å². The Labute approximate surface area is 85.1 Å². The summed E-state index contributed by atoms with van der Waals surface area (Å²) in [5.41, 5.74) is 0. The minimum atomic E-state index is 0.493. The van der Waals surface area contributed by atoms with E-state index in [9.17, 15) is 0 Å². The molecule has 0 spiro atoms. The minimum absolute atomic E-state index is 0.493. The lowest BCUT2D eigenvalue weighted by molar-refractivity contribution is 0.487. The standard InChI is InChI=1S/C7H10ClIN2/c1-6(2-8)4-11-5-7(9)3-10-11/h3,5-6H,2,4H2,1H3. The Morgan fingerprint density at radius 3 is 3.00 bits per heavy atom. The van der Waals surface area contributed by atoms with E-state index in [1.165, 1.54) is 3.57 Å². The van der Waals surface area contributed by atoms with Crippen molar-refractivity contribution in [2.45, 2.75) is 13.5 Å². The summed E-state index contributed by atoms with van der Waals surface area (Å²) in [6, 6.07) is 0. The lowest BCUT2D eigenvalue weighted by Crippen LogP contribution is -2.08. The van der Waals surface area contributed by atoms with E-state index in [2.05, 4.69) is 34.6 Å². The van der Waals surface area contributed by atoms with Gasteiger partial charge in [0.05, 0.1) is 9.77 Å². The zero-order chi connectivity index (χ0) is 8.27. The van der Waals surface area contributed by atoms with Crippen LogP contribution in [0.25, 0.3) is 0 Å².